The van der Waals surface area contributed by atoms with E-state index in [0.29, 0.717) is 18.7 Å². The third-order valence-electron chi connectivity index (χ3n) is 3.93. The number of urea groups is 1. The maximum absolute atomic E-state index is 12.7. The molecular formula is C15H20F3N3O2. The fraction of sp³-hybridized carbons (Fsp3) is 0.600. The quantitative estimate of drug-likeness (QED) is 0.891. The highest BCUT2D eigenvalue weighted by molar-refractivity contribution is 5.74. The van der Waals surface area contributed by atoms with E-state index in [1.165, 1.54) is 7.11 Å². The zero-order valence-corrected chi connectivity index (χ0v) is 12.8. The number of carbonyl (C=O) groups is 1. The third kappa shape index (κ3) is 5.30. The van der Waals surface area contributed by atoms with Crippen LogP contribution in [0.5, 0.6) is 5.88 Å². The van der Waals surface area contributed by atoms with Crippen LogP contribution in [0.3, 0.4) is 0 Å². The Bertz CT molecular complexity index is 520. The molecule has 2 amide bonds. The summed E-state index contributed by atoms with van der Waals surface area (Å²) in [6, 6.07) is 2.52. The maximum atomic E-state index is 12.7. The molecule has 0 spiro atoms. The monoisotopic (exact) mass is 331 g/mol. The van der Waals surface area contributed by atoms with E-state index < -0.39 is 24.2 Å². The fourth-order valence-electron chi connectivity index (χ4n) is 2.67. The number of halogens is 3. The van der Waals surface area contributed by atoms with Gasteiger partial charge < -0.3 is 15.4 Å². The number of alkyl halides is 3. The molecular weight excluding hydrogens is 311 g/mol. The summed E-state index contributed by atoms with van der Waals surface area (Å²) in [7, 11) is 1.51. The summed E-state index contributed by atoms with van der Waals surface area (Å²) in [5, 5.41) is 5.24. The van der Waals surface area contributed by atoms with Crippen molar-refractivity contribution in [2.24, 2.45) is 5.92 Å². The van der Waals surface area contributed by atoms with Crippen molar-refractivity contribution in [1.82, 2.24) is 15.6 Å². The van der Waals surface area contributed by atoms with E-state index in [1.54, 1.807) is 18.3 Å². The molecule has 0 radical (unpaired) electrons. The molecule has 0 aromatic carbocycles. The minimum Gasteiger partial charge on any atom is -0.481 e. The molecule has 1 aliphatic carbocycles. The van der Waals surface area contributed by atoms with Gasteiger partial charge in [0.2, 0.25) is 5.88 Å². The van der Waals surface area contributed by atoms with Crippen molar-refractivity contribution < 1.29 is 22.7 Å². The van der Waals surface area contributed by atoms with E-state index in [1.807, 2.05) is 0 Å². The number of ether oxygens (including phenoxy) is 1. The highest BCUT2D eigenvalue weighted by atomic mass is 19.4. The minimum absolute atomic E-state index is 0.0546. The summed E-state index contributed by atoms with van der Waals surface area (Å²) < 4.78 is 43.1. The molecule has 8 heteroatoms. The number of pyridine rings is 1. The lowest BCUT2D eigenvalue weighted by atomic mass is 9.85. The van der Waals surface area contributed by atoms with E-state index in [-0.39, 0.29) is 19.4 Å². The normalized spacial score (nSPS) is 21.6. The number of nitrogens with zero attached hydrogens (tertiary/aromatic N) is 1. The van der Waals surface area contributed by atoms with E-state index in [4.69, 9.17) is 4.74 Å². The molecule has 2 N–H and O–H groups in total. The van der Waals surface area contributed by atoms with Crippen LogP contribution in [0, 0.1) is 5.92 Å². The number of hydrogen-bond donors (Lipinski definition) is 2. The van der Waals surface area contributed by atoms with Crippen LogP contribution in [-0.4, -0.2) is 30.3 Å². The summed E-state index contributed by atoms with van der Waals surface area (Å²) in [5.41, 5.74) is 0.776. The molecule has 1 aromatic heterocycles. The van der Waals surface area contributed by atoms with E-state index in [0.717, 1.165) is 5.56 Å². The number of hydrogen-bond acceptors (Lipinski definition) is 3. The number of nitrogens with one attached hydrogen (secondary N) is 2. The van der Waals surface area contributed by atoms with Gasteiger partial charge in [0, 0.05) is 24.8 Å². The van der Waals surface area contributed by atoms with Gasteiger partial charge in [-0.05, 0) is 24.8 Å². The molecule has 128 valence electrons. The highest BCUT2D eigenvalue weighted by Crippen LogP contribution is 2.37. The van der Waals surface area contributed by atoms with Crippen LogP contribution in [0.15, 0.2) is 18.3 Å². The molecule has 0 saturated heterocycles. The summed E-state index contributed by atoms with van der Waals surface area (Å²) >= 11 is 0. The van der Waals surface area contributed by atoms with Gasteiger partial charge in [-0.25, -0.2) is 9.78 Å². The Morgan fingerprint density at radius 3 is 2.78 bits per heavy atom. The van der Waals surface area contributed by atoms with Crippen molar-refractivity contribution in [3.8, 4) is 5.88 Å². The van der Waals surface area contributed by atoms with Crippen molar-refractivity contribution in [2.75, 3.05) is 7.11 Å². The second-order valence-electron chi connectivity index (χ2n) is 5.64. The first kappa shape index (κ1) is 17.4. The second-order valence-corrected chi connectivity index (χ2v) is 5.64. The van der Waals surface area contributed by atoms with Gasteiger partial charge in [0.25, 0.3) is 0 Å². The fourth-order valence-corrected chi connectivity index (χ4v) is 2.67. The number of rotatable bonds is 4. The summed E-state index contributed by atoms with van der Waals surface area (Å²) in [4.78, 5) is 15.8. The molecule has 0 bridgehead atoms. The van der Waals surface area contributed by atoms with E-state index >= 15 is 0 Å². The van der Waals surface area contributed by atoms with Crippen LogP contribution in [0.25, 0.3) is 0 Å². The largest absolute Gasteiger partial charge is 0.481 e. The Morgan fingerprint density at radius 2 is 2.17 bits per heavy atom. The molecule has 5 nitrogen and oxygen atoms in total. The number of aromatic nitrogens is 1. The van der Waals surface area contributed by atoms with Crippen LogP contribution in [0.2, 0.25) is 0 Å². The van der Waals surface area contributed by atoms with Gasteiger partial charge in [-0.15, -0.1) is 0 Å². The van der Waals surface area contributed by atoms with E-state index in [9.17, 15) is 18.0 Å². The summed E-state index contributed by atoms with van der Waals surface area (Å²) in [6.07, 6.45) is -1.49. The van der Waals surface area contributed by atoms with Gasteiger partial charge in [-0.3, -0.25) is 0 Å². The second kappa shape index (κ2) is 7.52. The average Bonchev–Trinajstić information content (AvgIpc) is 2.53. The molecule has 1 fully saturated rings. The van der Waals surface area contributed by atoms with Gasteiger partial charge in [-0.1, -0.05) is 12.5 Å². The topological polar surface area (TPSA) is 63.2 Å². The first-order valence-corrected chi connectivity index (χ1v) is 7.48. The number of methoxy groups -OCH3 is 1. The first-order valence-electron chi connectivity index (χ1n) is 7.48. The van der Waals surface area contributed by atoms with Crippen molar-refractivity contribution in [2.45, 2.75) is 44.4 Å². The Kier molecular flexibility index (Phi) is 5.68. The lowest BCUT2D eigenvalue weighted by Gasteiger charge is -2.31. The van der Waals surface area contributed by atoms with Gasteiger partial charge in [0.15, 0.2) is 0 Å². The van der Waals surface area contributed by atoms with Gasteiger partial charge in [-0.2, -0.15) is 13.2 Å². The average molecular weight is 331 g/mol. The van der Waals surface area contributed by atoms with Crippen LogP contribution < -0.4 is 15.4 Å². The Hall–Kier alpha value is -1.99. The van der Waals surface area contributed by atoms with Gasteiger partial charge in [0.1, 0.15) is 0 Å². The number of amides is 2. The molecule has 1 aliphatic rings. The molecule has 2 rings (SSSR count). The van der Waals surface area contributed by atoms with Crippen molar-refractivity contribution >= 4 is 6.03 Å². The lowest BCUT2D eigenvalue weighted by Crippen LogP contribution is -2.45. The molecule has 1 heterocycles. The highest BCUT2D eigenvalue weighted by Gasteiger charge is 2.42. The van der Waals surface area contributed by atoms with Crippen LogP contribution in [0.1, 0.15) is 31.2 Å². The zero-order chi connectivity index (χ0) is 16.9. The summed E-state index contributed by atoms with van der Waals surface area (Å²) in [5.74, 6) is -0.856. The predicted octanol–water partition coefficient (Wildman–Crippen LogP) is 3.01. The molecule has 1 saturated carbocycles. The number of carbonyl (C=O) groups excluding carboxylic acids is 1. The molecule has 0 aliphatic heterocycles. The standard InChI is InChI=1S/C15H20F3N3O2/c1-23-13-6-5-10(8-19-13)9-20-14(22)21-12-4-2-3-11(7-12)15(16,17)18/h5-6,8,11-12H,2-4,7,9H2,1H3,(H2,20,21,22)/t11-,12+/m1/s1. The van der Waals surface area contributed by atoms with Gasteiger partial charge in [0.05, 0.1) is 13.0 Å². The molecule has 2 atom stereocenters. The Labute approximate surface area is 132 Å². The van der Waals surface area contributed by atoms with Crippen molar-refractivity contribution in [3.63, 3.8) is 0 Å². The lowest BCUT2D eigenvalue weighted by molar-refractivity contribution is -0.183. The smallest absolute Gasteiger partial charge is 0.391 e. The van der Waals surface area contributed by atoms with Crippen LogP contribution in [-0.2, 0) is 6.54 Å². The minimum atomic E-state index is -4.19. The van der Waals surface area contributed by atoms with Crippen LogP contribution >= 0.6 is 0 Å². The zero-order valence-electron chi connectivity index (χ0n) is 12.8. The summed E-state index contributed by atoms with van der Waals surface area (Å²) in [6.45, 7) is 0.248. The Balaban J connectivity index is 1.77. The Morgan fingerprint density at radius 1 is 1.39 bits per heavy atom. The predicted molar refractivity (Wildman–Crippen MR) is 78.0 cm³/mol. The molecule has 23 heavy (non-hydrogen) atoms. The van der Waals surface area contributed by atoms with Crippen molar-refractivity contribution in [3.05, 3.63) is 23.9 Å². The molecule has 1 aromatic rings. The van der Waals surface area contributed by atoms with Crippen LogP contribution in [0.4, 0.5) is 18.0 Å². The maximum Gasteiger partial charge on any atom is 0.391 e. The molecule has 0 unspecified atom stereocenters. The van der Waals surface area contributed by atoms with Crippen molar-refractivity contribution in [1.29, 1.82) is 0 Å². The van der Waals surface area contributed by atoms with Gasteiger partial charge >= 0.3 is 12.2 Å². The van der Waals surface area contributed by atoms with E-state index in [2.05, 4.69) is 15.6 Å². The third-order valence-corrected chi connectivity index (χ3v) is 3.93. The first-order chi connectivity index (χ1) is 10.9. The SMILES string of the molecule is COc1ccc(CNC(=O)N[C@H]2CCC[C@@H](C(F)(F)F)C2)cn1.